The summed E-state index contributed by atoms with van der Waals surface area (Å²) < 4.78 is 0. The quantitative estimate of drug-likeness (QED) is 0.760. The first-order valence-corrected chi connectivity index (χ1v) is 6.53. The van der Waals surface area contributed by atoms with E-state index in [2.05, 4.69) is 22.2 Å². The molecule has 2 rings (SSSR count). The van der Waals surface area contributed by atoms with Crippen LogP contribution in [0.1, 0.15) is 38.3 Å². The monoisotopic (exact) mass is 250 g/mol. The van der Waals surface area contributed by atoms with Gasteiger partial charge in [-0.25, -0.2) is 4.98 Å². The van der Waals surface area contributed by atoms with Crippen LogP contribution in [-0.2, 0) is 0 Å². The van der Waals surface area contributed by atoms with Crippen LogP contribution in [0.15, 0.2) is 6.07 Å². The average Bonchev–Trinajstić information content (AvgIpc) is 2.27. The number of hydrogen-bond donors (Lipinski definition) is 3. The minimum absolute atomic E-state index is 0.125. The number of nitrogens with two attached hydrogens (primary N) is 1. The van der Waals surface area contributed by atoms with Crippen LogP contribution < -0.4 is 11.1 Å². The van der Waals surface area contributed by atoms with E-state index >= 15 is 0 Å². The Bertz CT molecular complexity index is 403. The Labute approximate surface area is 108 Å². The SMILES string of the molecule is Cc1cc(NC2(CO)CCCC(C)C2)nc(N)n1. The van der Waals surface area contributed by atoms with Gasteiger partial charge in [0.25, 0.3) is 0 Å². The molecule has 0 radical (unpaired) electrons. The summed E-state index contributed by atoms with van der Waals surface area (Å²) in [6.45, 7) is 4.24. The summed E-state index contributed by atoms with van der Waals surface area (Å²) in [5, 5.41) is 13.1. The van der Waals surface area contributed by atoms with Gasteiger partial charge in [-0.3, -0.25) is 0 Å². The molecule has 0 aliphatic heterocycles. The molecular formula is C13H22N4O. The van der Waals surface area contributed by atoms with Gasteiger partial charge in [0.05, 0.1) is 12.1 Å². The topological polar surface area (TPSA) is 84.1 Å². The molecule has 100 valence electrons. The summed E-state index contributed by atoms with van der Waals surface area (Å²) in [5.41, 5.74) is 6.23. The molecule has 1 heterocycles. The van der Waals surface area contributed by atoms with E-state index < -0.39 is 0 Å². The number of aryl methyl sites for hydroxylation is 1. The molecule has 0 amide bonds. The standard InChI is InChI=1S/C13H22N4O/c1-9-4-3-5-13(7-9,8-18)17-11-6-10(2)15-12(14)16-11/h6,9,18H,3-5,7-8H2,1-2H3,(H3,14,15,16,17). The summed E-state index contributed by atoms with van der Waals surface area (Å²) in [4.78, 5) is 8.25. The third-order valence-corrected chi connectivity index (χ3v) is 3.66. The largest absolute Gasteiger partial charge is 0.394 e. The Kier molecular flexibility index (Phi) is 3.71. The minimum Gasteiger partial charge on any atom is -0.394 e. The second-order valence-corrected chi connectivity index (χ2v) is 5.52. The van der Waals surface area contributed by atoms with E-state index in [9.17, 15) is 5.11 Å². The molecule has 1 aromatic rings. The fourth-order valence-electron chi connectivity index (χ4n) is 2.88. The van der Waals surface area contributed by atoms with Gasteiger partial charge >= 0.3 is 0 Å². The minimum atomic E-state index is -0.259. The average molecular weight is 250 g/mol. The third kappa shape index (κ3) is 2.90. The summed E-state index contributed by atoms with van der Waals surface area (Å²) >= 11 is 0. The van der Waals surface area contributed by atoms with Crippen LogP contribution in [-0.4, -0.2) is 27.2 Å². The molecule has 1 aliphatic carbocycles. The fraction of sp³-hybridized carbons (Fsp3) is 0.692. The van der Waals surface area contributed by atoms with Crippen molar-refractivity contribution in [2.24, 2.45) is 5.92 Å². The highest BCUT2D eigenvalue weighted by Crippen LogP contribution is 2.34. The number of nitrogens with one attached hydrogen (secondary N) is 1. The van der Waals surface area contributed by atoms with E-state index in [1.54, 1.807) is 0 Å². The van der Waals surface area contributed by atoms with Crippen LogP contribution in [0.5, 0.6) is 0 Å². The highest BCUT2D eigenvalue weighted by atomic mass is 16.3. The molecule has 0 aromatic carbocycles. The summed E-state index contributed by atoms with van der Waals surface area (Å²) in [5.74, 6) is 1.61. The molecule has 2 unspecified atom stereocenters. The van der Waals surface area contributed by atoms with E-state index in [-0.39, 0.29) is 18.1 Å². The van der Waals surface area contributed by atoms with Crippen molar-refractivity contribution in [1.82, 2.24) is 9.97 Å². The Morgan fingerprint density at radius 3 is 2.94 bits per heavy atom. The zero-order valence-corrected chi connectivity index (χ0v) is 11.1. The van der Waals surface area contributed by atoms with Crippen molar-refractivity contribution >= 4 is 11.8 Å². The van der Waals surface area contributed by atoms with Gasteiger partial charge in [-0.1, -0.05) is 19.8 Å². The van der Waals surface area contributed by atoms with Gasteiger partial charge < -0.3 is 16.2 Å². The number of aromatic nitrogens is 2. The van der Waals surface area contributed by atoms with Gasteiger partial charge in [-0.2, -0.15) is 4.98 Å². The van der Waals surface area contributed by atoms with E-state index in [0.717, 1.165) is 25.0 Å². The van der Waals surface area contributed by atoms with Crippen LogP contribution in [0.4, 0.5) is 11.8 Å². The van der Waals surface area contributed by atoms with E-state index in [1.807, 2.05) is 13.0 Å². The highest BCUT2D eigenvalue weighted by Gasteiger charge is 2.34. The first-order valence-electron chi connectivity index (χ1n) is 6.53. The lowest BCUT2D eigenvalue weighted by Gasteiger charge is -2.39. The van der Waals surface area contributed by atoms with Gasteiger partial charge in [0.15, 0.2) is 0 Å². The number of anilines is 2. The van der Waals surface area contributed by atoms with Crippen LogP contribution >= 0.6 is 0 Å². The molecule has 5 nitrogen and oxygen atoms in total. The third-order valence-electron chi connectivity index (χ3n) is 3.66. The molecule has 1 aliphatic rings. The predicted molar refractivity (Wildman–Crippen MR) is 72.3 cm³/mol. The second kappa shape index (κ2) is 5.10. The van der Waals surface area contributed by atoms with E-state index in [4.69, 9.17) is 5.73 Å². The van der Waals surface area contributed by atoms with Crippen molar-refractivity contribution in [3.8, 4) is 0 Å². The normalized spacial score (nSPS) is 28.1. The molecular weight excluding hydrogens is 228 g/mol. The van der Waals surface area contributed by atoms with Crippen molar-refractivity contribution in [3.63, 3.8) is 0 Å². The number of aliphatic hydroxyl groups is 1. The maximum atomic E-state index is 9.72. The van der Waals surface area contributed by atoms with E-state index in [0.29, 0.717) is 11.7 Å². The smallest absolute Gasteiger partial charge is 0.222 e. The zero-order valence-electron chi connectivity index (χ0n) is 11.1. The van der Waals surface area contributed by atoms with Gasteiger partial charge in [-0.15, -0.1) is 0 Å². The van der Waals surface area contributed by atoms with Crippen molar-refractivity contribution in [1.29, 1.82) is 0 Å². The Morgan fingerprint density at radius 1 is 1.56 bits per heavy atom. The molecule has 4 N–H and O–H groups in total. The number of nitrogens with zero attached hydrogens (tertiary/aromatic N) is 2. The van der Waals surface area contributed by atoms with Crippen molar-refractivity contribution < 1.29 is 5.11 Å². The van der Waals surface area contributed by atoms with Crippen molar-refractivity contribution in [3.05, 3.63) is 11.8 Å². The Balaban J connectivity index is 2.18. The van der Waals surface area contributed by atoms with Gasteiger partial charge in [0, 0.05) is 11.8 Å². The van der Waals surface area contributed by atoms with Gasteiger partial charge in [-0.05, 0) is 25.7 Å². The van der Waals surface area contributed by atoms with Crippen LogP contribution in [0, 0.1) is 12.8 Å². The highest BCUT2D eigenvalue weighted by molar-refractivity contribution is 5.43. The van der Waals surface area contributed by atoms with Crippen LogP contribution in [0.2, 0.25) is 0 Å². The maximum absolute atomic E-state index is 9.72. The molecule has 2 atom stereocenters. The fourth-order valence-corrected chi connectivity index (χ4v) is 2.88. The van der Waals surface area contributed by atoms with Crippen LogP contribution in [0.3, 0.4) is 0 Å². The molecule has 18 heavy (non-hydrogen) atoms. The van der Waals surface area contributed by atoms with Crippen LogP contribution in [0.25, 0.3) is 0 Å². The molecule has 1 fully saturated rings. The van der Waals surface area contributed by atoms with Gasteiger partial charge in [0.1, 0.15) is 5.82 Å². The lowest BCUT2D eigenvalue weighted by molar-refractivity contribution is 0.149. The molecule has 0 bridgehead atoms. The lowest BCUT2D eigenvalue weighted by atomic mass is 9.77. The number of aliphatic hydroxyl groups excluding tert-OH is 1. The zero-order chi connectivity index (χ0) is 13.2. The molecule has 0 spiro atoms. The predicted octanol–water partition coefficient (Wildman–Crippen LogP) is 1.72. The summed E-state index contributed by atoms with van der Waals surface area (Å²) in [6.07, 6.45) is 4.30. The number of hydrogen-bond acceptors (Lipinski definition) is 5. The van der Waals surface area contributed by atoms with Crippen molar-refractivity contribution in [2.45, 2.75) is 45.1 Å². The number of nitrogen functional groups attached to an aromatic ring is 1. The van der Waals surface area contributed by atoms with Crippen molar-refractivity contribution in [2.75, 3.05) is 17.7 Å². The van der Waals surface area contributed by atoms with E-state index in [1.165, 1.54) is 6.42 Å². The maximum Gasteiger partial charge on any atom is 0.222 e. The second-order valence-electron chi connectivity index (χ2n) is 5.52. The Morgan fingerprint density at radius 2 is 2.33 bits per heavy atom. The van der Waals surface area contributed by atoms with Gasteiger partial charge in [0.2, 0.25) is 5.95 Å². The molecule has 5 heteroatoms. The Hall–Kier alpha value is -1.36. The lowest BCUT2D eigenvalue weighted by Crippen LogP contribution is -2.46. The summed E-state index contributed by atoms with van der Waals surface area (Å²) in [6, 6.07) is 1.87. The molecule has 1 aromatic heterocycles. The molecule has 0 saturated heterocycles. The molecule has 1 saturated carbocycles. The number of rotatable bonds is 3. The first-order chi connectivity index (χ1) is 8.53. The summed E-state index contributed by atoms with van der Waals surface area (Å²) in [7, 11) is 0. The first kappa shape index (κ1) is 13.1.